The summed E-state index contributed by atoms with van der Waals surface area (Å²) in [7, 11) is 0. The molecule has 1 aliphatic rings. The average molecular weight is 447 g/mol. The maximum absolute atomic E-state index is 12.7. The van der Waals surface area contributed by atoms with Gasteiger partial charge in [0.2, 0.25) is 0 Å². The van der Waals surface area contributed by atoms with Gasteiger partial charge in [-0.15, -0.1) is 0 Å². The van der Waals surface area contributed by atoms with Gasteiger partial charge in [-0.25, -0.2) is 14.4 Å². The van der Waals surface area contributed by atoms with Crippen molar-refractivity contribution < 1.29 is 34.1 Å². The van der Waals surface area contributed by atoms with Gasteiger partial charge in [0.05, 0.1) is 23.9 Å². The molecule has 0 radical (unpaired) electrons. The van der Waals surface area contributed by atoms with Crippen LogP contribution in [0.4, 0.5) is 4.79 Å². The molecule has 4 N–H and O–H groups in total. The number of amides is 2. The minimum Gasteiger partial charge on any atom is -0.508 e. The lowest BCUT2D eigenvalue weighted by Gasteiger charge is -2.29. The Kier molecular flexibility index (Phi) is 6.66. The second-order valence-corrected chi connectivity index (χ2v) is 6.91. The normalized spacial score (nSPS) is 15.7. The number of hydrogen-bond donors (Lipinski definition) is 4. The topological polar surface area (TPSA) is 134 Å². The Bertz CT molecular complexity index is 1050. The number of carbonyl (C=O) groups is 3. The Morgan fingerprint density at radius 3 is 2.42 bits per heavy atom. The van der Waals surface area contributed by atoms with Gasteiger partial charge < -0.3 is 30.3 Å². The van der Waals surface area contributed by atoms with Crippen LogP contribution in [-0.4, -0.2) is 41.4 Å². The second-order valence-electron chi connectivity index (χ2n) is 6.47. The van der Waals surface area contributed by atoms with Gasteiger partial charge >= 0.3 is 18.0 Å². The number of aromatic hydroxyl groups is 2. The summed E-state index contributed by atoms with van der Waals surface area (Å²) in [6.45, 7) is 1.26. The monoisotopic (exact) mass is 446 g/mol. The molecule has 1 unspecified atom stereocenters. The number of ether oxygens (including phenoxy) is 2. The number of carbonyl (C=O) groups excluding carboxylic acids is 3. The molecule has 0 aromatic heterocycles. The number of urea groups is 1. The molecule has 2 aromatic carbocycles. The molecule has 1 aliphatic heterocycles. The average Bonchev–Trinajstić information content (AvgIpc) is 2.72. The largest absolute Gasteiger partial charge is 0.508 e. The summed E-state index contributed by atoms with van der Waals surface area (Å²) in [6.07, 6.45) is 0. The fourth-order valence-electron chi connectivity index (χ4n) is 3.00. The van der Waals surface area contributed by atoms with E-state index >= 15 is 0 Å². The predicted molar refractivity (Wildman–Crippen MR) is 110 cm³/mol. The van der Waals surface area contributed by atoms with Crippen LogP contribution < -0.4 is 10.6 Å². The van der Waals surface area contributed by atoms with Crippen LogP contribution in [0, 0.1) is 0 Å². The van der Waals surface area contributed by atoms with Gasteiger partial charge in [-0.3, -0.25) is 0 Å². The van der Waals surface area contributed by atoms with Crippen LogP contribution in [0.25, 0.3) is 0 Å². The molecule has 31 heavy (non-hydrogen) atoms. The third-order valence-corrected chi connectivity index (χ3v) is 4.65. The number of rotatable bonds is 6. The molecule has 0 saturated heterocycles. The fourth-order valence-corrected chi connectivity index (χ4v) is 3.12. The Labute approximate surface area is 182 Å². The fraction of sp³-hybridized carbons (Fsp3) is 0.190. The van der Waals surface area contributed by atoms with Crippen molar-refractivity contribution in [3.8, 4) is 11.5 Å². The lowest BCUT2D eigenvalue weighted by atomic mass is 9.95. The first-order valence-electron chi connectivity index (χ1n) is 9.22. The van der Waals surface area contributed by atoms with E-state index in [1.165, 1.54) is 12.1 Å². The molecule has 0 fully saturated rings. The summed E-state index contributed by atoms with van der Waals surface area (Å²) in [4.78, 5) is 37.2. The molecule has 0 spiro atoms. The van der Waals surface area contributed by atoms with Crippen LogP contribution in [0.2, 0.25) is 5.02 Å². The first-order chi connectivity index (χ1) is 14.8. The highest BCUT2D eigenvalue weighted by Crippen LogP contribution is 2.29. The van der Waals surface area contributed by atoms with Crippen molar-refractivity contribution in [1.29, 1.82) is 0 Å². The summed E-state index contributed by atoms with van der Waals surface area (Å²) in [5.41, 5.74) is 0.480. The lowest BCUT2D eigenvalue weighted by molar-refractivity contribution is -0.139. The number of phenolic OH excluding ortho intramolecular Hbond substituents is 2. The SMILES string of the molecule is CCOC(=O)C1=C(COC(=O)c2ccc(O)cc2O)NC(=O)NC1c1ccc(Cl)cc1. The lowest BCUT2D eigenvalue weighted by Crippen LogP contribution is -2.47. The summed E-state index contributed by atoms with van der Waals surface area (Å²) in [6, 6.07) is 8.44. The highest BCUT2D eigenvalue weighted by molar-refractivity contribution is 6.30. The van der Waals surface area contributed by atoms with Gasteiger partial charge in [-0.2, -0.15) is 0 Å². The van der Waals surface area contributed by atoms with Crippen LogP contribution in [0.15, 0.2) is 53.7 Å². The van der Waals surface area contributed by atoms with Crippen molar-refractivity contribution in [1.82, 2.24) is 10.6 Å². The van der Waals surface area contributed by atoms with Gasteiger partial charge in [0.1, 0.15) is 23.7 Å². The van der Waals surface area contributed by atoms with Crippen molar-refractivity contribution in [3.05, 3.63) is 69.9 Å². The third kappa shape index (κ3) is 5.07. The van der Waals surface area contributed by atoms with Crippen LogP contribution in [0.5, 0.6) is 11.5 Å². The van der Waals surface area contributed by atoms with E-state index in [2.05, 4.69) is 10.6 Å². The molecule has 0 saturated carbocycles. The van der Waals surface area contributed by atoms with E-state index in [1.807, 2.05) is 0 Å². The maximum Gasteiger partial charge on any atom is 0.342 e. The number of nitrogens with one attached hydrogen (secondary N) is 2. The Morgan fingerprint density at radius 1 is 1.06 bits per heavy atom. The summed E-state index contributed by atoms with van der Waals surface area (Å²) >= 11 is 5.93. The molecule has 3 rings (SSSR count). The zero-order valence-corrected chi connectivity index (χ0v) is 17.1. The summed E-state index contributed by atoms with van der Waals surface area (Å²) in [5.74, 6) is -2.31. The number of hydrogen-bond acceptors (Lipinski definition) is 7. The molecule has 0 aliphatic carbocycles. The third-order valence-electron chi connectivity index (χ3n) is 4.40. The number of phenols is 2. The quantitative estimate of drug-likeness (QED) is 0.501. The molecule has 9 nitrogen and oxygen atoms in total. The molecule has 10 heteroatoms. The zero-order chi connectivity index (χ0) is 22.5. The standard InChI is InChI=1S/C21H19ClN2O7/c1-2-30-20(28)17-15(10-31-19(27)14-8-7-13(25)9-16(14)26)23-21(29)24-18(17)11-3-5-12(22)6-4-11/h3-9,18,25-26H,2,10H2,1H3,(H2,23,24,29). The number of halogens is 1. The van der Waals surface area contributed by atoms with Crippen molar-refractivity contribution >= 4 is 29.6 Å². The minimum atomic E-state index is -0.913. The van der Waals surface area contributed by atoms with Gasteiger partial charge in [0.15, 0.2) is 0 Å². The highest BCUT2D eigenvalue weighted by Gasteiger charge is 2.34. The molecule has 1 heterocycles. The van der Waals surface area contributed by atoms with E-state index in [0.717, 1.165) is 6.07 Å². The van der Waals surface area contributed by atoms with E-state index in [-0.39, 0.29) is 29.2 Å². The molecular formula is C21H19ClN2O7. The van der Waals surface area contributed by atoms with E-state index in [9.17, 15) is 24.6 Å². The summed E-state index contributed by atoms with van der Waals surface area (Å²) in [5, 5.41) is 24.8. The molecule has 2 amide bonds. The van der Waals surface area contributed by atoms with Crippen molar-refractivity contribution in [2.45, 2.75) is 13.0 Å². The van der Waals surface area contributed by atoms with Crippen LogP contribution in [0.1, 0.15) is 28.9 Å². The van der Waals surface area contributed by atoms with Crippen LogP contribution in [0.3, 0.4) is 0 Å². The minimum absolute atomic E-state index is 0.0359. The maximum atomic E-state index is 12.7. The smallest absolute Gasteiger partial charge is 0.342 e. The molecular weight excluding hydrogens is 428 g/mol. The Morgan fingerprint density at radius 2 is 1.77 bits per heavy atom. The molecule has 162 valence electrons. The van der Waals surface area contributed by atoms with Crippen molar-refractivity contribution in [3.63, 3.8) is 0 Å². The van der Waals surface area contributed by atoms with E-state index < -0.39 is 36.4 Å². The molecule has 0 bridgehead atoms. The predicted octanol–water partition coefficient (Wildman–Crippen LogP) is 2.78. The van der Waals surface area contributed by atoms with Gasteiger partial charge in [0.25, 0.3) is 0 Å². The first-order valence-corrected chi connectivity index (χ1v) is 9.60. The van der Waals surface area contributed by atoms with Crippen LogP contribution >= 0.6 is 11.6 Å². The number of esters is 2. The zero-order valence-electron chi connectivity index (χ0n) is 16.3. The van der Waals surface area contributed by atoms with E-state index in [0.29, 0.717) is 10.6 Å². The van der Waals surface area contributed by atoms with Gasteiger partial charge in [-0.05, 0) is 36.8 Å². The summed E-state index contributed by atoms with van der Waals surface area (Å²) < 4.78 is 10.3. The van der Waals surface area contributed by atoms with Crippen molar-refractivity contribution in [2.75, 3.05) is 13.2 Å². The second kappa shape index (κ2) is 9.40. The highest BCUT2D eigenvalue weighted by atomic mass is 35.5. The Balaban J connectivity index is 1.93. The van der Waals surface area contributed by atoms with Gasteiger partial charge in [0, 0.05) is 11.1 Å². The number of benzene rings is 2. The Hall–Kier alpha value is -3.72. The van der Waals surface area contributed by atoms with E-state index in [4.69, 9.17) is 21.1 Å². The van der Waals surface area contributed by atoms with E-state index in [1.54, 1.807) is 31.2 Å². The molecule has 2 aromatic rings. The first kappa shape index (κ1) is 22.0. The van der Waals surface area contributed by atoms with Gasteiger partial charge in [-0.1, -0.05) is 23.7 Å². The molecule has 1 atom stereocenters. The van der Waals surface area contributed by atoms with Crippen LogP contribution in [-0.2, 0) is 14.3 Å². The van der Waals surface area contributed by atoms with Crippen molar-refractivity contribution in [2.24, 2.45) is 0 Å².